The van der Waals surface area contributed by atoms with Crippen molar-refractivity contribution in [1.29, 1.82) is 0 Å². The summed E-state index contributed by atoms with van der Waals surface area (Å²) in [7, 11) is 0. The average Bonchev–Trinajstić information content (AvgIpc) is 2.79. The van der Waals surface area contributed by atoms with E-state index in [4.69, 9.17) is 6.85 Å². The van der Waals surface area contributed by atoms with Crippen LogP contribution in [0.1, 0.15) is 6.85 Å². The van der Waals surface area contributed by atoms with E-state index in [1.807, 2.05) is 36.4 Å². The molecule has 25 heavy (non-hydrogen) atoms. The lowest BCUT2D eigenvalue weighted by atomic mass is 9.93. The standard InChI is InChI=1S/C24H17N/c1-2-9-17(10-3-1)25-23-16-8-15-22-20-12-5-4-11-18(20)19-13-6-7-14-21(19)24(22)23/h1-16,25H/i1D,2D,3D,9D,10D. The number of hydrogen-bond donors (Lipinski definition) is 1. The van der Waals surface area contributed by atoms with Crippen molar-refractivity contribution < 1.29 is 6.85 Å². The van der Waals surface area contributed by atoms with Gasteiger partial charge in [-0.3, -0.25) is 0 Å². The molecule has 0 saturated heterocycles. The van der Waals surface area contributed by atoms with E-state index < -0.39 is 6.04 Å². The average molecular weight is 324 g/mol. The van der Waals surface area contributed by atoms with Gasteiger partial charge in [0.2, 0.25) is 0 Å². The van der Waals surface area contributed by atoms with Gasteiger partial charge in [-0.2, -0.15) is 0 Å². The third-order valence-electron chi connectivity index (χ3n) is 4.53. The first-order chi connectivity index (χ1) is 14.5. The van der Waals surface area contributed by atoms with Gasteiger partial charge in [-0.15, -0.1) is 0 Å². The van der Waals surface area contributed by atoms with Crippen LogP contribution < -0.4 is 5.32 Å². The maximum atomic E-state index is 8.25. The molecular formula is C24H17N. The van der Waals surface area contributed by atoms with Gasteiger partial charge in [0.05, 0.1) is 6.85 Å². The smallest absolute Gasteiger partial charge is 0.0645 e. The van der Waals surface area contributed by atoms with Crippen LogP contribution in [0.3, 0.4) is 0 Å². The van der Waals surface area contributed by atoms with Crippen LogP contribution in [0.4, 0.5) is 11.4 Å². The largest absolute Gasteiger partial charge is 0.355 e. The molecule has 0 radical (unpaired) electrons. The second-order valence-electron chi connectivity index (χ2n) is 5.94. The van der Waals surface area contributed by atoms with E-state index in [0.29, 0.717) is 5.69 Å². The molecule has 0 aliphatic rings. The molecule has 0 heterocycles. The van der Waals surface area contributed by atoms with E-state index in [2.05, 4.69) is 35.6 Å². The first-order valence-electron chi connectivity index (χ1n) is 10.6. The van der Waals surface area contributed by atoms with Crippen molar-refractivity contribution in [3.8, 4) is 0 Å². The van der Waals surface area contributed by atoms with Crippen molar-refractivity contribution in [3.63, 3.8) is 0 Å². The van der Waals surface area contributed by atoms with Gasteiger partial charge in [-0.05, 0) is 45.1 Å². The summed E-state index contributed by atoms with van der Waals surface area (Å²) in [6, 6.07) is 20.6. The fourth-order valence-corrected chi connectivity index (χ4v) is 3.51. The third kappa shape index (κ3) is 2.25. The van der Waals surface area contributed by atoms with Gasteiger partial charge in [0, 0.05) is 16.8 Å². The monoisotopic (exact) mass is 324 g/mol. The topological polar surface area (TPSA) is 12.0 Å². The number of benzene rings is 5. The molecule has 0 bridgehead atoms. The maximum absolute atomic E-state index is 8.25. The van der Waals surface area contributed by atoms with Gasteiger partial charge < -0.3 is 5.32 Å². The Morgan fingerprint density at radius 1 is 0.560 bits per heavy atom. The van der Waals surface area contributed by atoms with E-state index in [-0.39, 0.29) is 29.9 Å². The molecule has 0 amide bonds. The number of fused-ring (bicyclic) bond motifs is 6. The first kappa shape index (κ1) is 9.85. The number of rotatable bonds is 2. The second-order valence-corrected chi connectivity index (χ2v) is 5.94. The second kappa shape index (κ2) is 5.64. The quantitative estimate of drug-likeness (QED) is 0.349. The summed E-state index contributed by atoms with van der Waals surface area (Å²) >= 11 is 0. The molecule has 5 aromatic rings. The fourth-order valence-electron chi connectivity index (χ4n) is 3.51. The van der Waals surface area contributed by atoms with Crippen LogP contribution in [-0.2, 0) is 0 Å². The molecule has 0 unspecified atom stereocenters. The Labute approximate surface area is 153 Å². The number of anilines is 2. The van der Waals surface area contributed by atoms with Crippen LogP contribution in [0.15, 0.2) is 96.9 Å². The normalized spacial score (nSPS) is 14.0. The summed E-state index contributed by atoms with van der Waals surface area (Å²) in [5, 5.41) is 9.56. The predicted octanol–water partition coefficient (Wildman–Crippen LogP) is 6.89. The zero-order valence-electron chi connectivity index (χ0n) is 18.4. The van der Waals surface area contributed by atoms with Crippen LogP contribution >= 0.6 is 0 Å². The molecule has 0 atom stereocenters. The minimum absolute atomic E-state index is 0.0748. The van der Waals surface area contributed by atoms with Gasteiger partial charge in [0.1, 0.15) is 0 Å². The van der Waals surface area contributed by atoms with E-state index in [9.17, 15) is 0 Å². The highest BCUT2D eigenvalue weighted by Gasteiger charge is 2.11. The van der Waals surface area contributed by atoms with Crippen molar-refractivity contribution in [2.45, 2.75) is 0 Å². The van der Waals surface area contributed by atoms with Crippen molar-refractivity contribution >= 4 is 43.7 Å². The Balaban J connectivity index is 1.87. The zero-order chi connectivity index (χ0) is 21.0. The Morgan fingerprint density at radius 2 is 1.08 bits per heavy atom. The molecule has 0 spiro atoms. The molecule has 0 aromatic heterocycles. The van der Waals surface area contributed by atoms with Crippen molar-refractivity contribution in [1.82, 2.24) is 0 Å². The molecule has 1 nitrogen and oxygen atoms in total. The lowest BCUT2D eigenvalue weighted by Crippen LogP contribution is -1.92. The van der Waals surface area contributed by atoms with Crippen molar-refractivity contribution in [2.24, 2.45) is 0 Å². The summed E-state index contributed by atoms with van der Waals surface area (Å²) in [6.07, 6.45) is 0. The first-order valence-corrected chi connectivity index (χ1v) is 8.15. The molecule has 5 aromatic carbocycles. The highest BCUT2D eigenvalue weighted by Crippen LogP contribution is 2.39. The summed E-state index contributed by atoms with van der Waals surface area (Å²) < 4.78 is 40.2. The molecule has 5 rings (SSSR count). The minimum atomic E-state index is -0.398. The van der Waals surface area contributed by atoms with Crippen molar-refractivity contribution in [2.75, 3.05) is 5.32 Å². The molecule has 0 saturated carbocycles. The van der Waals surface area contributed by atoms with Gasteiger partial charge in [0.15, 0.2) is 0 Å². The van der Waals surface area contributed by atoms with E-state index in [1.165, 1.54) is 0 Å². The maximum Gasteiger partial charge on any atom is 0.0645 e. The summed E-state index contributed by atoms with van der Waals surface area (Å²) in [4.78, 5) is 0. The molecule has 0 aliphatic heterocycles. The van der Waals surface area contributed by atoms with Gasteiger partial charge in [-0.1, -0.05) is 78.8 Å². The number of hydrogen-bond acceptors (Lipinski definition) is 1. The number of nitrogens with one attached hydrogen (secondary N) is 1. The van der Waals surface area contributed by atoms with E-state index in [1.54, 1.807) is 0 Å². The number of para-hydroxylation sites is 1. The molecule has 0 fully saturated rings. The Hall–Kier alpha value is -3.32. The van der Waals surface area contributed by atoms with Crippen LogP contribution in [0, 0.1) is 0 Å². The minimum Gasteiger partial charge on any atom is -0.355 e. The highest BCUT2D eigenvalue weighted by atomic mass is 14.9. The van der Waals surface area contributed by atoms with Crippen molar-refractivity contribution in [3.05, 3.63) is 96.9 Å². The van der Waals surface area contributed by atoms with Crippen LogP contribution in [0.5, 0.6) is 0 Å². The molecule has 1 N–H and O–H groups in total. The Bertz CT molecular complexity index is 1400. The Morgan fingerprint density at radius 3 is 1.72 bits per heavy atom. The predicted molar refractivity (Wildman–Crippen MR) is 109 cm³/mol. The molecule has 118 valence electrons. The lowest BCUT2D eigenvalue weighted by Gasteiger charge is -2.15. The van der Waals surface area contributed by atoms with Gasteiger partial charge in [0.25, 0.3) is 0 Å². The lowest BCUT2D eigenvalue weighted by molar-refractivity contribution is 1.58. The fraction of sp³-hybridized carbons (Fsp3) is 0. The SMILES string of the molecule is [2H]c1c([2H])c([2H])c(Nc2cccc3c4ccccc4c4ccccc4c23)c([2H])c1[2H]. The van der Waals surface area contributed by atoms with Crippen LogP contribution in [0.2, 0.25) is 0 Å². The summed E-state index contributed by atoms with van der Waals surface area (Å²) in [5.74, 6) is 0. The van der Waals surface area contributed by atoms with E-state index in [0.717, 1.165) is 32.3 Å². The molecule has 1 heteroatoms. The van der Waals surface area contributed by atoms with Gasteiger partial charge >= 0.3 is 0 Å². The van der Waals surface area contributed by atoms with Crippen LogP contribution in [-0.4, -0.2) is 0 Å². The molecule has 0 aliphatic carbocycles. The summed E-state index contributed by atoms with van der Waals surface area (Å²) in [6.45, 7) is 0. The zero-order valence-corrected chi connectivity index (χ0v) is 13.4. The Kier molecular flexibility index (Phi) is 2.22. The van der Waals surface area contributed by atoms with Crippen LogP contribution in [0.25, 0.3) is 32.3 Å². The molecular weight excluding hydrogens is 302 g/mol. The highest BCUT2D eigenvalue weighted by molar-refractivity contribution is 6.28. The van der Waals surface area contributed by atoms with E-state index >= 15 is 0 Å². The summed E-state index contributed by atoms with van der Waals surface area (Å²) in [5.41, 5.74) is 0.777. The third-order valence-corrected chi connectivity index (χ3v) is 4.53. The van der Waals surface area contributed by atoms with Gasteiger partial charge in [-0.25, -0.2) is 0 Å².